The number of alkyl halides is 12. The summed E-state index contributed by atoms with van der Waals surface area (Å²) in [5.74, 6) is -20.9. The fourth-order valence-corrected chi connectivity index (χ4v) is 1.14. The normalized spacial score (nSPS) is 15.6. The first-order valence-electron chi connectivity index (χ1n) is 4.28. The van der Waals surface area contributed by atoms with Crippen molar-refractivity contribution in [1.29, 1.82) is 0 Å². The second kappa shape index (κ2) is 5.15. The van der Waals surface area contributed by atoms with Crippen LogP contribution in [0.5, 0.6) is 0 Å². The molecule has 122 valence electrons. The number of aliphatic hydroxyl groups is 1. The predicted octanol–water partition coefficient (Wildman–Crippen LogP) is 3.42. The van der Waals surface area contributed by atoms with Crippen LogP contribution in [-0.4, -0.2) is 47.8 Å². The Kier molecular flexibility index (Phi) is 4.92. The highest BCUT2D eigenvalue weighted by Crippen LogP contribution is 2.56. The van der Waals surface area contributed by atoms with E-state index < -0.39 is 42.6 Å². The Morgan fingerprint density at radius 3 is 0.750 bits per heavy atom. The van der Waals surface area contributed by atoms with Crippen LogP contribution in [0.2, 0.25) is 0 Å². The van der Waals surface area contributed by atoms with Crippen molar-refractivity contribution in [3.05, 3.63) is 0 Å². The first kappa shape index (κ1) is 19.1. The molecule has 1 nitrogen and oxygen atoms in total. The average Bonchev–Trinajstić information content (AvgIpc) is 2.26. The Morgan fingerprint density at radius 1 is 0.500 bits per heavy atom. The summed E-state index contributed by atoms with van der Waals surface area (Å²) in [6.45, 7) is 0. The molecule has 0 aliphatic heterocycles. The van der Waals surface area contributed by atoms with Crippen LogP contribution in [0.15, 0.2) is 0 Å². The molecule has 0 aromatic carbocycles. The van der Waals surface area contributed by atoms with Gasteiger partial charge in [-0.3, -0.25) is 0 Å². The zero-order chi connectivity index (χ0) is 16.7. The monoisotopic (exact) mass is 332 g/mol. The molecule has 0 heterocycles. The highest BCUT2D eigenvalue weighted by Gasteiger charge is 2.86. The van der Waals surface area contributed by atoms with Crippen molar-refractivity contribution in [2.24, 2.45) is 0 Å². The Hall–Kier alpha value is -0.880. The SMILES string of the molecule is OC(C(F)(F)C(F)F)(C(F)(F)C(F)F)C(F)(F)C(F)F. The van der Waals surface area contributed by atoms with Gasteiger partial charge in [0.25, 0.3) is 5.60 Å². The predicted molar refractivity (Wildman–Crippen MR) is 37.8 cm³/mol. The second-order valence-corrected chi connectivity index (χ2v) is 3.48. The molecule has 0 amide bonds. The van der Waals surface area contributed by atoms with Crippen molar-refractivity contribution in [2.45, 2.75) is 42.6 Å². The molecular formula is C7H4F12O. The first-order chi connectivity index (χ1) is 8.58. The van der Waals surface area contributed by atoms with E-state index in [2.05, 4.69) is 0 Å². The summed E-state index contributed by atoms with van der Waals surface area (Å²) in [5, 5.41) is 8.42. The molecular weight excluding hydrogens is 328 g/mol. The molecule has 0 unspecified atom stereocenters. The van der Waals surface area contributed by atoms with Crippen LogP contribution in [0, 0.1) is 0 Å². The lowest BCUT2D eigenvalue weighted by Crippen LogP contribution is -2.75. The topological polar surface area (TPSA) is 20.2 Å². The van der Waals surface area contributed by atoms with E-state index in [0.29, 0.717) is 0 Å². The summed E-state index contributed by atoms with van der Waals surface area (Å²) in [6.07, 6.45) is -16.6. The summed E-state index contributed by atoms with van der Waals surface area (Å²) in [4.78, 5) is 0. The molecule has 13 heteroatoms. The minimum Gasteiger partial charge on any atom is -0.373 e. The Labute approximate surface area is 102 Å². The molecule has 1 N–H and O–H groups in total. The zero-order valence-corrected chi connectivity index (χ0v) is 8.71. The van der Waals surface area contributed by atoms with E-state index in [0.717, 1.165) is 0 Å². The van der Waals surface area contributed by atoms with Gasteiger partial charge in [-0.2, -0.15) is 26.3 Å². The van der Waals surface area contributed by atoms with Crippen LogP contribution in [0.3, 0.4) is 0 Å². The minimum absolute atomic E-state index is 5.54. The summed E-state index contributed by atoms with van der Waals surface area (Å²) in [6, 6.07) is 0. The van der Waals surface area contributed by atoms with Gasteiger partial charge in [-0.05, 0) is 0 Å². The van der Waals surface area contributed by atoms with E-state index in [4.69, 9.17) is 5.11 Å². The van der Waals surface area contributed by atoms with Gasteiger partial charge in [0.05, 0.1) is 0 Å². The highest BCUT2D eigenvalue weighted by atomic mass is 19.3. The lowest BCUT2D eigenvalue weighted by Gasteiger charge is -2.43. The summed E-state index contributed by atoms with van der Waals surface area (Å²) in [5.41, 5.74) is -7.00. The largest absolute Gasteiger partial charge is 0.373 e. The van der Waals surface area contributed by atoms with Crippen LogP contribution >= 0.6 is 0 Å². The van der Waals surface area contributed by atoms with Gasteiger partial charge in [-0.15, -0.1) is 0 Å². The van der Waals surface area contributed by atoms with Crippen LogP contribution in [0.1, 0.15) is 0 Å². The van der Waals surface area contributed by atoms with Gasteiger partial charge in [0.2, 0.25) is 0 Å². The molecule has 0 spiro atoms. The quantitative estimate of drug-likeness (QED) is 0.739. The second-order valence-electron chi connectivity index (χ2n) is 3.48. The molecule has 0 radical (unpaired) electrons. The molecule has 0 saturated heterocycles. The van der Waals surface area contributed by atoms with Gasteiger partial charge in [-0.25, -0.2) is 26.3 Å². The summed E-state index contributed by atoms with van der Waals surface area (Å²) < 4.78 is 147. The van der Waals surface area contributed by atoms with Gasteiger partial charge >= 0.3 is 37.0 Å². The van der Waals surface area contributed by atoms with E-state index in [1.54, 1.807) is 0 Å². The zero-order valence-electron chi connectivity index (χ0n) is 8.71. The summed E-state index contributed by atoms with van der Waals surface area (Å²) >= 11 is 0. The number of rotatable bonds is 6. The van der Waals surface area contributed by atoms with Crippen LogP contribution < -0.4 is 0 Å². The molecule has 0 saturated carbocycles. The average molecular weight is 332 g/mol. The van der Waals surface area contributed by atoms with Gasteiger partial charge in [0, 0.05) is 0 Å². The smallest absolute Gasteiger partial charge is 0.347 e. The molecule has 0 rings (SSSR count). The molecule has 20 heavy (non-hydrogen) atoms. The van der Waals surface area contributed by atoms with Crippen LogP contribution in [-0.2, 0) is 0 Å². The van der Waals surface area contributed by atoms with Crippen molar-refractivity contribution in [1.82, 2.24) is 0 Å². The Morgan fingerprint density at radius 2 is 0.650 bits per heavy atom. The van der Waals surface area contributed by atoms with E-state index >= 15 is 0 Å². The van der Waals surface area contributed by atoms with Gasteiger partial charge in [-0.1, -0.05) is 0 Å². The molecule has 0 atom stereocenters. The van der Waals surface area contributed by atoms with Gasteiger partial charge < -0.3 is 5.11 Å². The molecule has 0 aromatic heterocycles. The maximum Gasteiger partial charge on any atom is 0.347 e. The number of halogens is 12. The minimum atomic E-state index is -7.00. The third kappa shape index (κ3) is 2.29. The first-order valence-corrected chi connectivity index (χ1v) is 4.28. The lowest BCUT2D eigenvalue weighted by atomic mass is 9.82. The van der Waals surface area contributed by atoms with Crippen molar-refractivity contribution >= 4 is 0 Å². The third-order valence-corrected chi connectivity index (χ3v) is 2.27. The summed E-state index contributed by atoms with van der Waals surface area (Å²) in [7, 11) is 0. The highest BCUT2D eigenvalue weighted by molar-refractivity contribution is 5.14. The van der Waals surface area contributed by atoms with Crippen LogP contribution in [0.25, 0.3) is 0 Å². The Bertz CT molecular complexity index is 286. The molecule has 0 bridgehead atoms. The number of hydrogen-bond donors (Lipinski definition) is 1. The number of hydrogen-bond acceptors (Lipinski definition) is 1. The maximum atomic E-state index is 12.7. The van der Waals surface area contributed by atoms with Crippen molar-refractivity contribution in [2.75, 3.05) is 0 Å². The molecule has 0 aliphatic carbocycles. The third-order valence-electron chi connectivity index (χ3n) is 2.27. The van der Waals surface area contributed by atoms with E-state index in [1.165, 1.54) is 0 Å². The molecule has 0 aromatic rings. The van der Waals surface area contributed by atoms with Crippen molar-refractivity contribution < 1.29 is 57.8 Å². The fourth-order valence-electron chi connectivity index (χ4n) is 1.14. The molecule has 0 aliphatic rings. The van der Waals surface area contributed by atoms with Crippen molar-refractivity contribution in [3.63, 3.8) is 0 Å². The Balaban J connectivity index is 6.38. The van der Waals surface area contributed by atoms with E-state index in [1.807, 2.05) is 0 Å². The van der Waals surface area contributed by atoms with Crippen LogP contribution in [0.4, 0.5) is 52.7 Å². The van der Waals surface area contributed by atoms with E-state index in [-0.39, 0.29) is 0 Å². The van der Waals surface area contributed by atoms with Gasteiger partial charge in [0.1, 0.15) is 0 Å². The van der Waals surface area contributed by atoms with Crippen molar-refractivity contribution in [3.8, 4) is 0 Å². The maximum absolute atomic E-state index is 12.7. The van der Waals surface area contributed by atoms with Gasteiger partial charge in [0.15, 0.2) is 0 Å². The molecule has 0 fully saturated rings. The van der Waals surface area contributed by atoms with E-state index in [9.17, 15) is 52.7 Å². The lowest BCUT2D eigenvalue weighted by molar-refractivity contribution is -0.412. The fraction of sp³-hybridized carbons (Fsp3) is 1.00. The standard InChI is InChI=1S/C7H4F12O/c8-1(9)4(14,15)7(20,5(16,17)2(10)11)6(18,19)3(12)13/h1-3,20H.